The standard InChI is InChI=1S/C11H14/c1-3-6-10-8-5-9-11(10)7-4-2/h3-5,8H,1-2,6-7,9H2. The van der Waals surface area contributed by atoms with E-state index in [-0.39, 0.29) is 0 Å². The monoisotopic (exact) mass is 146 g/mol. The molecule has 0 aromatic heterocycles. The van der Waals surface area contributed by atoms with Crippen molar-refractivity contribution in [3.05, 3.63) is 48.6 Å². The molecule has 0 heteroatoms. The van der Waals surface area contributed by atoms with E-state index < -0.39 is 0 Å². The van der Waals surface area contributed by atoms with Crippen LogP contribution in [0.1, 0.15) is 19.3 Å². The Balaban J connectivity index is 2.65. The van der Waals surface area contributed by atoms with Crippen molar-refractivity contribution in [2.45, 2.75) is 19.3 Å². The van der Waals surface area contributed by atoms with E-state index >= 15 is 0 Å². The van der Waals surface area contributed by atoms with Gasteiger partial charge >= 0.3 is 0 Å². The highest BCUT2D eigenvalue weighted by atomic mass is 14.1. The van der Waals surface area contributed by atoms with Gasteiger partial charge in [0, 0.05) is 0 Å². The second-order valence-electron chi connectivity index (χ2n) is 2.72. The Morgan fingerprint density at radius 3 is 2.64 bits per heavy atom. The molecule has 0 aromatic rings. The second-order valence-corrected chi connectivity index (χ2v) is 2.72. The lowest BCUT2D eigenvalue weighted by Gasteiger charge is -2.00. The number of hydrogen-bond acceptors (Lipinski definition) is 0. The minimum Gasteiger partial charge on any atom is -0.103 e. The molecule has 11 heavy (non-hydrogen) atoms. The maximum atomic E-state index is 3.73. The highest BCUT2D eigenvalue weighted by Crippen LogP contribution is 2.24. The van der Waals surface area contributed by atoms with Crippen molar-refractivity contribution in [1.29, 1.82) is 0 Å². The van der Waals surface area contributed by atoms with Crippen molar-refractivity contribution in [2.75, 3.05) is 0 Å². The molecule has 1 rings (SSSR count). The topological polar surface area (TPSA) is 0 Å². The summed E-state index contributed by atoms with van der Waals surface area (Å²) in [5.74, 6) is 0. The van der Waals surface area contributed by atoms with Crippen LogP contribution >= 0.6 is 0 Å². The van der Waals surface area contributed by atoms with Gasteiger partial charge in [-0.15, -0.1) is 13.2 Å². The smallest absolute Gasteiger partial charge is 0.0100 e. The molecule has 0 aliphatic heterocycles. The largest absolute Gasteiger partial charge is 0.103 e. The van der Waals surface area contributed by atoms with Crippen LogP contribution in [0.2, 0.25) is 0 Å². The van der Waals surface area contributed by atoms with Gasteiger partial charge in [0.1, 0.15) is 0 Å². The van der Waals surface area contributed by atoms with Crippen LogP contribution in [0.5, 0.6) is 0 Å². The molecular weight excluding hydrogens is 132 g/mol. The first kappa shape index (κ1) is 8.06. The maximum Gasteiger partial charge on any atom is -0.0100 e. The van der Waals surface area contributed by atoms with Gasteiger partial charge in [-0.3, -0.25) is 0 Å². The third-order valence-electron chi connectivity index (χ3n) is 1.89. The molecule has 1 aliphatic rings. The van der Waals surface area contributed by atoms with Crippen molar-refractivity contribution >= 4 is 0 Å². The van der Waals surface area contributed by atoms with Gasteiger partial charge in [0.2, 0.25) is 0 Å². The lowest BCUT2D eigenvalue weighted by molar-refractivity contribution is 1.09. The summed E-state index contributed by atoms with van der Waals surface area (Å²) < 4.78 is 0. The van der Waals surface area contributed by atoms with Gasteiger partial charge in [0.05, 0.1) is 0 Å². The molecule has 0 spiro atoms. The van der Waals surface area contributed by atoms with Crippen molar-refractivity contribution in [2.24, 2.45) is 0 Å². The molecule has 0 saturated heterocycles. The van der Waals surface area contributed by atoms with Gasteiger partial charge < -0.3 is 0 Å². The van der Waals surface area contributed by atoms with Crippen LogP contribution in [0.25, 0.3) is 0 Å². The second kappa shape index (κ2) is 3.97. The van der Waals surface area contributed by atoms with Crippen LogP contribution in [0.4, 0.5) is 0 Å². The third kappa shape index (κ3) is 1.94. The molecule has 0 saturated carbocycles. The zero-order valence-corrected chi connectivity index (χ0v) is 6.84. The van der Waals surface area contributed by atoms with Crippen molar-refractivity contribution in [3.8, 4) is 0 Å². The van der Waals surface area contributed by atoms with Crippen LogP contribution in [0.3, 0.4) is 0 Å². The van der Waals surface area contributed by atoms with Crippen LogP contribution in [-0.4, -0.2) is 0 Å². The summed E-state index contributed by atoms with van der Waals surface area (Å²) in [5, 5.41) is 0. The van der Waals surface area contributed by atoms with Crippen LogP contribution < -0.4 is 0 Å². The van der Waals surface area contributed by atoms with E-state index in [0.29, 0.717) is 0 Å². The molecule has 0 unspecified atom stereocenters. The van der Waals surface area contributed by atoms with E-state index in [1.165, 1.54) is 11.1 Å². The lowest BCUT2D eigenvalue weighted by atomic mass is 10.1. The van der Waals surface area contributed by atoms with Gasteiger partial charge in [-0.25, -0.2) is 0 Å². The summed E-state index contributed by atoms with van der Waals surface area (Å²) in [7, 11) is 0. The van der Waals surface area contributed by atoms with Crippen molar-refractivity contribution < 1.29 is 0 Å². The molecule has 1 aliphatic carbocycles. The summed E-state index contributed by atoms with van der Waals surface area (Å²) in [4.78, 5) is 0. The predicted octanol–water partition coefficient (Wildman–Crippen LogP) is 3.40. The van der Waals surface area contributed by atoms with Gasteiger partial charge in [-0.2, -0.15) is 0 Å². The molecule has 0 nitrogen and oxygen atoms in total. The van der Waals surface area contributed by atoms with E-state index in [4.69, 9.17) is 0 Å². The Bertz CT molecular complexity index is 216. The van der Waals surface area contributed by atoms with E-state index in [1.807, 2.05) is 12.2 Å². The fourth-order valence-electron chi connectivity index (χ4n) is 1.35. The molecular formula is C11H14. The van der Waals surface area contributed by atoms with Gasteiger partial charge in [-0.05, 0) is 24.8 Å². The van der Waals surface area contributed by atoms with Crippen molar-refractivity contribution in [1.82, 2.24) is 0 Å². The highest BCUT2D eigenvalue weighted by molar-refractivity contribution is 5.36. The maximum absolute atomic E-state index is 3.73. The molecule has 0 aromatic carbocycles. The molecule has 0 atom stereocenters. The zero-order valence-electron chi connectivity index (χ0n) is 6.84. The fraction of sp³-hybridized carbons (Fsp3) is 0.273. The molecule has 0 amide bonds. The van der Waals surface area contributed by atoms with E-state index in [1.54, 1.807) is 0 Å². The van der Waals surface area contributed by atoms with E-state index in [2.05, 4.69) is 25.3 Å². The van der Waals surface area contributed by atoms with Gasteiger partial charge in [0.15, 0.2) is 0 Å². The number of hydrogen-bond donors (Lipinski definition) is 0. The normalized spacial score (nSPS) is 15.6. The minimum atomic E-state index is 1.000. The molecule has 0 bridgehead atoms. The fourth-order valence-corrected chi connectivity index (χ4v) is 1.35. The van der Waals surface area contributed by atoms with E-state index in [0.717, 1.165) is 19.3 Å². The summed E-state index contributed by atoms with van der Waals surface area (Å²) in [6.45, 7) is 7.46. The predicted molar refractivity (Wildman–Crippen MR) is 50.4 cm³/mol. The molecule has 0 fully saturated rings. The van der Waals surface area contributed by atoms with E-state index in [9.17, 15) is 0 Å². The SMILES string of the molecule is C=CCC1=C(CC=C)CC=C1. The Hall–Kier alpha value is -1.04. The Labute approximate surface area is 68.6 Å². The quantitative estimate of drug-likeness (QED) is 0.533. The summed E-state index contributed by atoms with van der Waals surface area (Å²) in [5.41, 5.74) is 2.93. The van der Waals surface area contributed by atoms with Crippen LogP contribution in [0, 0.1) is 0 Å². The first-order valence-electron chi connectivity index (χ1n) is 3.97. The van der Waals surface area contributed by atoms with Crippen LogP contribution in [0.15, 0.2) is 48.6 Å². The van der Waals surface area contributed by atoms with Gasteiger partial charge in [-0.1, -0.05) is 29.9 Å². The average Bonchev–Trinajstić information content (AvgIpc) is 2.39. The zero-order chi connectivity index (χ0) is 8.10. The van der Waals surface area contributed by atoms with Crippen molar-refractivity contribution in [3.63, 3.8) is 0 Å². The number of allylic oxidation sites excluding steroid dienone is 6. The summed E-state index contributed by atoms with van der Waals surface area (Å²) in [6.07, 6.45) is 11.4. The minimum absolute atomic E-state index is 1.000. The first-order chi connectivity index (χ1) is 5.38. The Morgan fingerprint density at radius 1 is 1.27 bits per heavy atom. The first-order valence-corrected chi connectivity index (χ1v) is 3.97. The molecule has 58 valence electrons. The Morgan fingerprint density at radius 2 is 2.00 bits per heavy atom. The Kier molecular flexibility index (Phi) is 2.91. The highest BCUT2D eigenvalue weighted by Gasteiger charge is 2.04. The third-order valence-corrected chi connectivity index (χ3v) is 1.89. The molecule has 0 N–H and O–H groups in total. The van der Waals surface area contributed by atoms with Gasteiger partial charge in [0.25, 0.3) is 0 Å². The molecule has 0 radical (unpaired) electrons. The average molecular weight is 146 g/mol. The summed E-state index contributed by atoms with van der Waals surface area (Å²) >= 11 is 0. The van der Waals surface area contributed by atoms with Crippen LogP contribution in [-0.2, 0) is 0 Å². The number of rotatable bonds is 4. The lowest BCUT2D eigenvalue weighted by Crippen LogP contribution is -1.81. The molecule has 0 heterocycles. The summed E-state index contributed by atoms with van der Waals surface area (Å²) in [6, 6.07) is 0.